The van der Waals surface area contributed by atoms with Gasteiger partial charge in [-0.15, -0.1) is 0 Å². The number of anilines is 1. The second-order valence-corrected chi connectivity index (χ2v) is 8.23. The van der Waals surface area contributed by atoms with E-state index in [4.69, 9.17) is 4.98 Å². The SMILES string of the molecule is CC(C)CN1CCN(c2ccc(-c3nc(-c4ccc(F)cc4)c[nH]3)cn2)CC1C. The zero-order chi connectivity index (χ0) is 20.4. The molecule has 1 aliphatic heterocycles. The van der Waals surface area contributed by atoms with E-state index in [1.54, 1.807) is 12.1 Å². The number of H-pyrrole nitrogens is 1. The lowest BCUT2D eigenvalue weighted by Crippen LogP contribution is -2.53. The first-order valence-corrected chi connectivity index (χ1v) is 10.3. The van der Waals surface area contributed by atoms with Crippen LogP contribution in [0.1, 0.15) is 20.8 Å². The third-order valence-electron chi connectivity index (χ3n) is 5.43. The van der Waals surface area contributed by atoms with Gasteiger partial charge in [-0.2, -0.15) is 0 Å². The molecule has 0 amide bonds. The van der Waals surface area contributed by atoms with E-state index in [9.17, 15) is 4.39 Å². The number of benzene rings is 1. The summed E-state index contributed by atoms with van der Waals surface area (Å²) in [6.45, 7) is 11.1. The minimum Gasteiger partial charge on any atom is -0.354 e. The quantitative estimate of drug-likeness (QED) is 0.696. The maximum absolute atomic E-state index is 13.1. The van der Waals surface area contributed by atoms with Gasteiger partial charge < -0.3 is 9.88 Å². The van der Waals surface area contributed by atoms with E-state index < -0.39 is 0 Å². The van der Waals surface area contributed by atoms with Crippen LogP contribution in [0.3, 0.4) is 0 Å². The number of imidazole rings is 1. The van der Waals surface area contributed by atoms with E-state index in [1.165, 1.54) is 12.1 Å². The summed E-state index contributed by atoms with van der Waals surface area (Å²) in [6, 6.07) is 11.0. The molecular formula is C23H28FN5. The van der Waals surface area contributed by atoms with Gasteiger partial charge in [-0.3, -0.25) is 4.90 Å². The number of hydrogen-bond donors (Lipinski definition) is 1. The molecule has 4 rings (SSSR count). The van der Waals surface area contributed by atoms with Crippen LogP contribution in [-0.2, 0) is 0 Å². The summed E-state index contributed by atoms with van der Waals surface area (Å²) in [5, 5.41) is 0. The number of pyridine rings is 1. The molecule has 29 heavy (non-hydrogen) atoms. The molecule has 152 valence electrons. The molecule has 3 heterocycles. The molecule has 3 aromatic rings. The largest absolute Gasteiger partial charge is 0.354 e. The Morgan fingerprint density at radius 3 is 2.52 bits per heavy atom. The zero-order valence-corrected chi connectivity index (χ0v) is 17.3. The number of halogens is 1. The summed E-state index contributed by atoms with van der Waals surface area (Å²) in [6.07, 6.45) is 3.71. The van der Waals surface area contributed by atoms with Gasteiger partial charge in [0.2, 0.25) is 0 Å². The van der Waals surface area contributed by atoms with E-state index in [1.807, 2.05) is 12.4 Å². The molecule has 0 spiro atoms. The summed E-state index contributed by atoms with van der Waals surface area (Å²) in [7, 11) is 0. The van der Waals surface area contributed by atoms with Crippen molar-refractivity contribution in [2.45, 2.75) is 26.8 Å². The van der Waals surface area contributed by atoms with Crippen LogP contribution in [0.2, 0.25) is 0 Å². The molecule has 1 atom stereocenters. The van der Waals surface area contributed by atoms with E-state index in [0.717, 1.165) is 54.6 Å². The van der Waals surface area contributed by atoms with Crippen molar-refractivity contribution in [1.29, 1.82) is 0 Å². The molecule has 0 aliphatic carbocycles. The van der Waals surface area contributed by atoms with E-state index in [2.05, 4.69) is 52.7 Å². The molecule has 1 fully saturated rings. The first-order valence-electron chi connectivity index (χ1n) is 10.3. The molecule has 6 heteroatoms. The molecule has 0 saturated carbocycles. The van der Waals surface area contributed by atoms with Crippen LogP contribution in [0.5, 0.6) is 0 Å². The highest BCUT2D eigenvalue weighted by Gasteiger charge is 2.24. The molecule has 1 unspecified atom stereocenters. The second-order valence-electron chi connectivity index (χ2n) is 8.23. The Kier molecular flexibility index (Phi) is 5.62. The number of aromatic amines is 1. The number of hydrogen-bond acceptors (Lipinski definition) is 4. The van der Waals surface area contributed by atoms with E-state index in [-0.39, 0.29) is 5.82 Å². The van der Waals surface area contributed by atoms with Crippen LogP contribution in [0, 0.1) is 11.7 Å². The first kappa shape index (κ1) is 19.6. The predicted molar refractivity (Wildman–Crippen MR) is 115 cm³/mol. The Morgan fingerprint density at radius 1 is 1.10 bits per heavy atom. The van der Waals surface area contributed by atoms with E-state index >= 15 is 0 Å². The van der Waals surface area contributed by atoms with Crippen molar-refractivity contribution >= 4 is 5.82 Å². The fourth-order valence-electron chi connectivity index (χ4n) is 3.89. The number of nitrogens with zero attached hydrogens (tertiary/aromatic N) is 4. The van der Waals surface area contributed by atoms with Gasteiger partial charge in [0.05, 0.1) is 5.69 Å². The van der Waals surface area contributed by atoms with Gasteiger partial charge in [0.15, 0.2) is 0 Å². The molecule has 0 bridgehead atoms. The standard InChI is InChI=1S/C23H28FN5/c1-16(2)14-28-10-11-29(15-17(28)3)22-9-6-19(12-25-22)23-26-13-21(27-23)18-4-7-20(24)8-5-18/h4-9,12-13,16-17H,10-11,14-15H2,1-3H3,(H,26,27). The fourth-order valence-corrected chi connectivity index (χ4v) is 3.89. The van der Waals surface area contributed by atoms with Crippen molar-refractivity contribution in [3.05, 3.63) is 54.6 Å². The Balaban J connectivity index is 1.44. The highest BCUT2D eigenvalue weighted by atomic mass is 19.1. The van der Waals surface area contributed by atoms with Crippen LogP contribution in [0.4, 0.5) is 10.2 Å². The van der Waals surface area contributed by atoms with Gasteiger partial charge in [-0.25, -0.2) is 14.4 Å². The highest BCUT2D eigenvalue weighted by Crippen LogP contribution is 2.24. The molecule has 2 aromatic heterocycles. The Labute approximate surface area is 171 Å². The molecule has 1 aromatic carbocycles. The third kappa shape index (κ3) is 4.48. The summed E-state index contributed by atoms with van der Waals surface area (Å²) in [5.41, 5.74) is 2.61. The lowest BCUT2D eigenvalue weighted by atomic mass is 10.1. The minimum absolute atomic E-state index is 0.247. The number of piperazine rings is 1. The fraction of sp³-hybridized carbons (Fsp3) is 0.391. The van der Waals surface area contributed by atoms with Crippen LogP contribution < -0.4 is 4.90 Å². The third-order valence-corrected chi connectivity index (χ3v) is 5.43. The Hall–Kier alpha value is -2.73. The highest BCUT2D eigenvalue weighted by molar-refractivity contribution is 5.64. The summed E-state index contributed by atoms with van der Waals surface area (Å²) in [5.74, 6) is 2.21. The lowest BCUT2D eigenvalue weighted by Gasteiger charge is -2.41. The average molecular weight is 394 g/mol. The van der Waals surface area contributed by atoms with Crippen LogP contribution in [0.25, 0.3) is 22.6 Å². The molecule has 5 nitrogen and oxygen atoms in total. The van der Waals surface area contributed by atoms with Gasteiger partial charge in [0.25, 0.3) is 0 Å². The van der Waals surface area contributed by atoms with Crippen molar-refractivity contribution in [2.24, 2.45) is 5.92 Å². The molecule has 1 saturated heterocycles. The van der Waals surface area contributed by atoms with Crippen molar-refractivity contribution in [2.75, 3.05) is 31.1 Å². The second kappa shape index (κ2) is 8.33. The molecule has 1 N–H and O–H groups in total. The van der Waals surface area contributed by atoms with Crippen molar-refractivity contribution in [3.63, 3.8) is 0 Å². The predicted octanol–water partition coefficient (Wildman–Crippen LogP) is 4.44. The maximum atomic E-state index is 13.1. The summed E-state index contributed by atoms with van der Waals surface area (Å²) < 4.78 is 13.1. The normalized spacial score (nSPS) is 17.8. The van der Waals surface area contributed by atoms with E-state index in [0.29, 0.717) is 12.0 Å². The molecular weight excluding hydrogens is 365 g/mol. The van der Waals surface area contributed by atoms with Crippen molar-refractivity contribution in [1.82, 2.24) is 19.9 Å². The van der Waals surface area contributed by atoms with Gasteiger partial charge in [-0.05, 0) is 49.2 Å². The van der Waals surface area contributed by atoms with Gasteiger partial charge >= 0.3 is 0 Å². The molecule has 0 radical (unpaired) electrons. The smallest absolute Gasteiger partial charge is 0.139 e. The van der Waals surface area contributed by atoms with Gasteiger partial charge in [0, 0.05) is 55.7 Å². The monoisotopic (exact) mass is 393 g/mol. The lowest BCUT2D eigenvalue weighted by molar-refractivity contribution is 0.169. The topological polar surface area (TPSA) is 48.0 Å². The zero-order valence-electron chi connectivity index (χ0n) is 17.3. The van der Waals surface area contributed by atoms with Crippen molar-refractivity contribution in [3.8, 4) is 22.6 Å². The number of nitrogens with one attached hydrogen (secondary N) is 1. The summed E-state index contributed by atoms with van der Waals surface area (Å²) in [4.78, 5) is 17.4. The average Bonchev–Trinajstić information content (AvgIpc) is 3.20. The summed E-state index contributed by atoms with van der Waals surface area (Å²) >= 11 is 0. The minimum atomic E-state index is -0.247. The van der Waals surface area contributed by atoms with Crippen LogP contribution in [0.15, 0.2) is 48.8 Å². The Morgan fingerprint density at radius 2 is 1.86 bits per heavy atom. The number of aromatic nitrogens is 3. The van der Waals surface area contributed by atoms with Gasteiger partial charge in [-0.1, -0.05) is 13.8 Å². The van der Waals surface area contributed by atoms with Crippen LogP contribution in [-0.4, -0.2) is 52.1 Å². The van der Waals surface area contributed by atoms with Crippen LogP contribution >= 0.6 is 0 Å². The Bertz CT molecular complexity index is 933. The van der Waals surface area contributed by atoms with Gasteiger partial charge in [0.1, 0.15) is 17.5 Å². The maximum Gasteiger partial charge on any atom is 0.139 e. The molecule has 1 aliphatic rings. The van der Waals surface area contributed by atoms with Crippen molar-refractivity contribution < 1.29 is 4.39 Å². The number of rotatable bonds is 5. The first-order chi connectivity index (χ1) is 14.0.